The van der Waals surface area contributed by atoms with Gasteiger partial charge in [-0.05, 0) is 117 Å². The van der Waals surface area contributed by atoms with Gasteiger partial charge in [0.05, 0.1) is 0 Å². The van der Waals surface area contributed by atoms with Crippen molar-refractivity contribution in [1.82, 2.24) is 0 Å². The summed E-state index contributed by atoms with van der Waals surface area (Å²) >= 11 is 0. The highest BCUT2D eigenvalue weighted by atomic mass is 16.1. The van der Waals surface area contributed by atoms with Crippen LogP contribution < -0.4 is 0 Å². The van der Waals surface area contributed by atoms with Gasteiger partial charge in [0.15, 0.2) is 5.78 Å². The second-order valence-electron chi connectivity index (χ2n) is 8.08. The van der Waals surface area contributed by atoms with Crippen LogP contribution in [0.2, 0.25) is 0 Å². The third-order valence-electron chi connectivity index (χ3n) is 6.06. The van der Waals surface area contributed by atoms with E-state index in [1.165, 1.54) is 33.4 Å². The van der Waals surface area contributed by atoms with Gasteiger partial charge in [-0.1, -0.05) is 24.3 Å². The van der Waals surface area contributed by atoms with Gasteiger partial charge in [0.1, 0.15) is 0 Å². The molecule has 0 heterocycles. The first-order chi connectivity index (χ1) is 12.8. The summed E-state index contributed by atoms with van der Waals surface area (Å²) in [6.07, 6.45) is 6.97. The van der Waals surface area contributed by atoms with Crippen LogP contribution in [0.15, 0.2) is 35.4 Å². The number of ketones is 1. The highest BCUT2D eigenvalue weighted by molar-refractivity contribution is 6.14. The summed E-state index contributed by atoms with van der Waals surface area (Å²) in [5.41, 5.74) is 12.0. The normalized spacial score (nSPS) is 17.8. The van der Waals surface area contributed by atoms with Crippen molar-refractivity contribution in [2.75, 3.05) is 0 Å². The lowest BCUT2D eigenvalue weighted by molar-refractivity contribution is -0.112. The molecule has 0 aromatic heterocycles. The second kappa shape index (κ2) is 7.68. The molecule has 0 spiro atoms. The van der Waals surface area contributed by atoms with Crippen LogP contribution in [0.5, 0.6) is 0 Å². The molecule has 27 heavy (non-hydrogen) atoms. The van der Waals surface area contributed by atoms with Crippen molar-refractivity contribution < 1.29 is 4.79 Å². The molecule has 0 amide bonds. The quantitative estimate of drug-likeness (QED) is 0.542. The zero-order chi connectivity index (χ0) is 19.7. The molecular weight excluding hydrogens is 328 g/mol. The first-order valence-corrected chi connectivity index (χ1v) is 9.88. The van der Waals surface area contributed by atoms with E-state index >= 15 is 0 Å². The SMILES string of the molecule is Cc1cc(/C=C2\CCC/C(=C\c3cc(C)c(C)c(C)c3)C2=O)cc(C)c1C. The minimum Gasteiger partial charge on any atom is -0.289 e. The smallest absolute Gasteiger partial charge is 0.185 e. The third kappa shape index (κ3) is 4.13. The van der Waals surface area contributed by atoms with E-state index < -0.39 is 0 Å². The maximum absolute atomic E-state index is 13.1. The molecule has 1 nitrogen and oxygen atoms in total. The van der Waals surface area contributed by atoms with E-state index in [0.717, 1.165) is 41.5 Å². The van der Waals surface area contributed by atoms with Gasteiger partial charge in [-0.2, -0.15) is 0 Å². The molecule has 0 radical (unpaired) electrons. The Hall–Kier alpha value is -2.41. The Labute approximate surface area is 163 Å². The van der Waals surface area contributed by atoms with E-state index in [0.29, 0.717) is 0 Å². The topological polar surface area (TPSA) is 17.1 Å². The van der Waals surface area contributed by atoms with Crippen LogP contribution >= 0.6 is 0 Å². The van der Waals surface area contributed by atoms with Gasteiger partial charge in [0, 0.05) is 11.1 Å². The monoisotopic (exact) mass is 358 g/mol. The largest absolute Gasteiger partial charge is 0.289 e. The standard InChI is InChI=1S/C26H30O/c1-16-10-22(11-17(2)20(16)5)14-24-8-7-9-25(26(24)27)15-23-12-18(3)21(6)19(4)13-23/h10-15H,7-9H2,1-6H3/b24-14+,25-15+. The number of carbonyl (C=O) groups excluding carboxylic acids is 1. The Morgan fingerprint density at radius 1 is 0.630 bits per heavy atom. The Morgan fingerprint density at radius 3 is 1.30 bits per heavy atom. The molecule has 1 fully saturated rings. The molecular formula is C26H30O. The maximum atomic E-state index is 13.1. The van der Waals surface area contributed by atoms with Crippen LogP contribution in [0.4, 0.5) is 0 Å². The van der Waals surface area contributed by atoms with E-state index in [1.54, 1.807) is 0 Å². The summed E-state index contributed by atoms with van der Waals surface area (Å²) in [6, 6.07) is 8.75. The number of hydrogen-bond donors (Lipinski definition) is 0. The fourth-order valence-electron chi connectivity index (χ4n) is 3.89. The Balaban J connectivity index is 1.94. The Bertz CT molecular complexity index is 846. The zero-order valence-electron chi connectivity index (χ0n) is 17.5. The molecule has 0 aliphatic heterocycles. The van der Waals surface area contributed by atoms with E-state index in [4.69, 9.17) is 0 Å². The molecule has 1 aliphatic rings. The molecule has 0 bridgehead atoms. The summed E-state index contributed by atoms with van der Waals surface area (Å²) in [7, 11) is 0. The summed E-state index contributed by atoms with van der Waals surface area (Å²) in [5.74, 6) is 0.216. The molecule has 0 N–H and O–H groups in total. The van der Waals surface area contributed by atoms with Gasteiger partial charge in [-0.25, -0.2) is 0 Å². The van der Waals surface area contributed by atoms with Gasteiger partial charge < -0.3 is 0 Å². The van der Waals surface area contributed by atoms with E-state index in [2.05, 4.69) is 78.0 Å². The molecule has 0 saturated heterocycles. The lowest BCUT2D eigenvalue weighted by Gasteiger charge is -2.17. The number of hydrogen-bond acceptors (Lipinski definition) is 1. The summed E-state index contributed by atoms with van der Waals surface area (Å²) in [6.45, 7) is 12.9. The minimum absolute atomic E-state index is 0.216. The van der Waals surface area contributed by atoms with E-state index in [-0.39, 0.29) is 5.78 Å². The number of Topliss-reactive ketones (excluding diaryl/α,β-unsaturated/α-hetero) is 1. The zero-order valence-corrected chi connectivity index (χ0v) is 17.5. The van der Waals surface area contributed by atoms with Crippen molar-refractivity contribution in [3.8, 4) is 0 Å². The molecule has 140 valence electrons. The minimum atomic E-state index is 0.216. The van der Waals surface area contributed by atoms with Crippen molar-refractivity contribution in [1.29, 1.82) is 0 Å². The highest BCUT2D eigenvalue weighted by Crippen LogP contribution is 2.29. The fourth-order valence-corrected chi connectivity index (χ4v) is 3.89. The van der Waals surface area contributed by atoms with Gasteiger partial charge in [-0.15, -0.1) is 0 Å². The predicted octanol–water partition coefficient (Wildman–Crippen LogP) is 6.76. The first-order valence-electron chi connectivity index (χ1n) is 9.88. The highest BCUT2D eigenvalue weighted by Gasteiger charge is 2.20. The lowest BCUT2D eigenvalue weighted by Crippen LogP contribution is -2.12. The van der Waals surface area contributed by atoms with Crippen molar-refractivity contribution >= 4 is 17.9 Å². The van der Waals surface area contributed by atoms with Crippen LogP contribution in [0, 0.1) is 41.5 Å². The molecule has 1 saturated carbocycles. The first kappa shape index (κ1) is 19.4. The average molecular weight is 359 g/mol. The number of aryl methyl sites for hydroxylation is 4. The molecule has 0 atom stereocenters. The molecule has 2 aromatic carbocycles. The summed E-state index contributed by atoms with van der Waals surface area (Å²) in [4.78, 5) is 13.1. The van der Waals surface area contributed by atoms with Gasteiger partial charge in [0.25, 0.3) is 0 Å². The van der Waals surface area contributed by atoms with Crippen LogP contribution in [-0.2, 0) is 4.79 Å². The average Bonchev–Trinajstić information content (AvgIpc) is 2.61. The molecule has 1 heteroatoms. The predicted molar refractivity (Wildman–Crippen MR) is 116 cm³/mol. The van der Waals surface area contributed by atoms with Crippen molar-refractivity contribution in [3.05, 3.63) is 79.9 Å². The molecule has 1 aliphatic carbocycles. The summed E-state index contributed by atoms with van der Waals surface area (Å²) < 4.78 is 0. The van der Waals surface area contributed by atoms with Crippen LogP contribution in [-0.4, -0.2) is 5.78 Å². The summed E-state index contributed by atoms with van der Waals surface area (Å²) in [5, 5.41) is 0. The van der Waals surface area contributed by atoms with Crippen molar-refractivity contribution in [2.45, 2.75) is 60.8 Å². The second-order valence-corrected chi connectivity index (χ2v) is 8.08. The lowest BCUT2D eigenvalue weighted by atomic mass is 9.86. The van der Waals surface area contributed by atoms with Gasteiger partial charge in [-0.3, -0.25) is 4.79 Å². The number of allylic oxidation sites excluding steroid dienone is 2. The Morgan fingerprint density at radius 2 is 0.963 bits per heavy atom. The maximum Gasteiger partial charge on any atom is 0.185 e. The van der Waals surface area contributed by atoms with Crippen molar-refractivity contribution in [2.24, 2.45) is 0 Å². The van der Waals surface area contributed by atoms with Crippen LogP contribution in [0.3, 0.4) is 0 Å². The van der Waals surface area contributed by atoms with Gasteiger partial charge >= 0.3 is 0 Å². The van der Waals surface area contributed by atoms with Crippen LogP contribution in [0.1, 0.15) is 63.8 Å². The fraction of sp³-hybridized carbons (Fsp3) is 0.346. The number of benzene rings is 2. The number of carbonyl (C=O) groups is 1. The third-order valence-corrected chi connectivity index (χ3v) is 6.06. The van der Waals surface area contributed by atoms with Crippen molar-refractivity contribution in [3.63, 3.8) is 0 Å². The number of rotatable bonds is 2. The van der Waals surface area contributed by atoms with E-state index in [9.17, 15) is 4.79 Å². The van der Waals surface area contributed by atoms with Crippen LogP contribution in [0.25, 0.3) is 12.2 Å². The molecule has 3 rings (SSSR count). The van der Waals surface area contributed by atoms with E-state index in [1.807, 2.05) is 0 Å². The van der Waals surface area contributed by atoms with Gasteiger partial charge in [0.2, 0.25) is 0 Å². The Kier molecular flexibility index (Phi) is 5.51. The molecule has 2 aromatic rings. The molecule has 0 unspecified atom stereocenters.